The minimum absolute atomic E-state index is 0.00888. The van der Waals surface area contributed by atoms with Crippen molar-refractivity contribution < 1.29 is 9.72 Å². The molecule has 116 valence electrons. The topological polar surface area (TPSA) is 97.2 Å². The molecule has 0 bridgehead atoms. The zero-order valence-electron chi connectivity index (χ0n) is 12.0. The molecule has 0 fully saturated rings. The van der Waals surface area contributed by atoms with Crippen LogP contribution in [0.1, 0.15) is 22.4 Å². The second-order valence-electron chi connectivity index (χ2n) is 4.54. The van der Waals surface area contributed by atoms with Crippen LogP contribution in [-0.2, 0) is 19.5 Å². The van der Waals surface area contributed by atoms with Crippen LogP contribution >= 0.6 is 11.3 Å². The number of nitrogens with zero attached hydrogens (tertiary/aromatic N) is 2. The number of nitro benzene ring substituents is 1. The highest BCUT2D eigenvalue weighted by Crippen LogP contribution is 2.13. The van der Waals surface area contributed by atoms with Crippen molar-refractivity contribution in [2.75, 3.05) is 0 Å². The third kappa shape index (κ3) is 4.52. The molecule has 0 saturated heterocycles. The first-order valence-corrected chi connectivity index (χ1v) is 7.58. The molecule has 0 saturated carbocycles. The summed E-state index contributed by atoms with van der Waals surface area (Å²) in [7, 11) is 0. The molecule has 0 aliphatic rings. The van der Waals surface area contributed by atoms with Crippen LogP contribution in [0.4, 0.5) is 10.5 Å². The maximum atomic E-state index is 11.7. The quantitative estimate of drug-likeness (QED) is 0.631. The molecular formula is C14H16N4O3S. The summed E-state index contributed by atoms with van der Waals surface area (Å²) in [5.74, 6) is 0. The SMILES string of the molecule is CCc1cnc(CNC(=O)NCc2cccc([N+](=O)[O-])c2)s1. The van der Waals surface area contributed by atoms with Gasteiger partial charge in [-0.25, -0.2) is 9.78 Å². The summed E-state index contributed by atoms with van der Waals surface area (Å²) in [4.78, 5) is 27.3. The largest absolute Gasteiger partial charge is 0.334 e. The van der Waals surface area contributed by atoms with Crippen LogP contribution < -0.4 is 10.6 Å². The second-order valence-corrected chi connectivity index (χ2v) is 5.74. The fourth-order valence-electron chi connectivity index (χ4n) is 1.77. The van der Waals surface area contributed by atoms with Gasteiger partial charge in [0, 0.05) is 29.8 Å². The number of benzene rings is 1. The number of amides is 2. The molecule has 1 aromatic heterocycles. The van der Waals surface area contributed by atoms with Crippen LogP contribution in [0.5, 0.6) is 0 Å². The number of hydrogen-bond donors (Lipinski definition) is 2. The van der Waals surface area contributed by atoms with E-state index in [-0.39, 0.29) is 18.3 Å². The van der Waals surface area contributed by atoms with Gasteiger partial charge in [-0.3, -0.25) is 10.1 Å². The molecule has 2 amide bonds. The molecule has 2 rings (SSSR count). The zero-order chi connectivity index (χ0) is 15.9. The third-order valence-electron chi connectivity index (χ3n) is 2.92. The van der Waals surface area contributed by atoms with Crippen molar-refractivity contribution in [2.24, 2.45) is 0 Å². The summed E-state index contributed by atoms with van der Waals surface area (Å²) < 4.78 is 0. The normalized spacial score (nSPS) is 10.2. The Kier molecular flexibility index (Phi) is 5.42. The Hall–Kier alpha value is -2.48. The number of aryl methyl sites for hydroxylation is 1. The van der Waals surface area contributed by atoms with Crippen LogP contribution in [0.3, 0.4) is 0 Å². The lowest BCUT2D eigenvalue weighted by atomic mass is 10.2. The van der Waals surface area contributed by atoms with E-state index in [2.05, 4.69) is 22.5 Å². The minimum Gasteiger partial charge on any atom is -0.334 e. The number of aromatic nitrogens is 1. The predicted molar refractivity (Wildman–Crippen MR) is 83.7 cm³/mol. The Morgan fingerprint density at radius 1 is 1.36 bits per heavy atom. The molecule has 0 unspecified atom stereocenters. The summed E-state index contributed by atoms with van der Waals surface area (Å²) in [6.45, 7) is 2.65. The predicted octanol–water partition coefficient (Wildman–Crippen LogP) is 2.61. The lowest BCUT2D eigenvalue weighted by Gasteiger charge is -2.06. The van der Waals surface area contributed by atoms with Gasteiger partial charge in [-0.2, -0.15) is 0 Å². The van der Waals surface area contributed by atoms with Crippen LogP contribution in [0.15, 0.2) is 30.5 Å². The molecule has 1 heterocycles. The lowest BCUT2D eigenvalue weighted by molar-refractivity contribution is -0.384. The first kappa shape index (κ1) is 15.9. The van der Waals surface area contributed by atoms with Gasteiger partial charge in [0.15, 0.2) is 0 Å². The first-order valence-electron chi connectivity index (χ1n) is 6.77. The van der Waals surface area contributed by atoms with Crippen molar-refractivity contribution in [2.45, 2.75) is 26.4 Å². The molecular weight excluding hydrogens is 304 g/mol. The van der Waals surface area contributed by atoms with E-state index in [0.29, 0.717) is 12.1 Å². The van der Waals surface area contributed by atoms with Gasteiger partial charge in [-0.05, 0) is 12.0 Å². The van der Waals surface area contributed by atoms with E-state index in [1.807, 2.05) is 6.20 Å². The lowest BCUT2D eigenvalue weighted by Crippen LogP contribution is -2.34. The van der Waals surface area contributed by atoms with Crippen molar-refractivity contribution in [1.29, 1.82) is 0 Å². The van der Waals surface area contributed by atoms with Crippen molar-refractivity contribution in [3.05, 3.63) is 56.0 Å². The standard InChI is InChI=1S/C14H16N4O3S/c1-2-12-8-15-13(22-12)9-17-14(19)16-7-10-4-3-5-11(6-10)18(20)21/h3-6,8H,2,7,9H2,1H3,(H2,16,17,19). The van der Waals surface area contributed by atoms with E-state index in [9.17, 15) is 14.9 Å². The van der Waals surface area contributed by atoms with Gasteiger partial charge in [0.25, 0.3) is 5.69 Å². The molecule has 2 aromatic rings. The monoisotopic (exact) mass is 320 g/mol. The van der Waals surface area contributed by atoms with E-state index in [0.717, 1.165) is 11.4 Å². The number of carbonyl (C=O) groups excluding carboxylic acids is 1. The van der Waals surface area contributed by atoms with Crippen LogP contribution in [0.2, 0.25) is 0 Å². The van der Waals surface area contributed by atoms with Crippen molar-refractivity contribution in [3.63, 3.8) is 0 Å². The number of hydrogen-bond acceptors (Lipinski definition) is 5. The number of urea groups is 1. The van der Waals surface area contributed by atoms with Crippen molar-refractivity contribution in [1.82, 2.24) is 15.6 Å². The molecule has 1 aromatic carbocycles. The Labute approximate surface area is 131 Å². The van der Waals surface area contributed by atoms with Crippen molar-refractivity contribution >= 4 is 23.1 Å². The fourth-order valence-corrected chi connectivity index (χ4v) is 2.58. The number of carbonyl (C=O) groups is 1. The maximum absolute atomic E-state index is 11.7. The maximum Gasteiger partial charge on any atom is 0.315 e. The summed E-state index contributed by atoms with van der Waals surface area (Å²) in [5.41, 5.74) is 0.682. The van der Waals surface area contributed by atoms with E-state index >= 15 is 0 Å². The van der Waals surface area contributed by atoms with Gasteiger partial charge in [-0.1, -0.05) is 19.1 Å². The molecule has 8 heteroatoms. The first-order chi connectivity index (χ1) is 10.6. The molecule has 0 aliphatic carbocycles. The van der Waals surface area contributed by atoms with Gasteiger partial charge >= 0.3 is 6.03 Å². The summed E-state index contributed by atoms with van der Waals surface area (Å²) in [6, 6.07) is 5.84. The number of rotatable bonds is 6. The van der Waals surface area contributed by atoms with Gasteiger partial charge in [0.2, 0.25) is 0 Å². The Morgan fingerprint density at radius 3 is 2.82 bits per heavy atom. The molecule has 0 aliphatic heterocycles. The summed E-state index contributed by atoms with van der Waals surface area (Å²) in [5, 5.41) is 16.9. The number of nitro groups is 1. The van der Waals surface area contributed by atoms with Gasteiger partial charge in [0.1, 0.15) is 5.01 Å². The summed E-state index contributed by atoms with van der Waals surface area (Å²) in [6.07, 6.45) is 2.74. The number of non-ortho nitro benzene ring substituents is 1. The highest BCUT2D eigenvalue weighted by Gasteiger charge is 2.07. The Bertz CT molecular complexity index is 672. The fraction of sp³-hybridized carbons (Fsp3) is 0.286. The molecule has 0 spiro atoms. The minimum atomic E-state index is -0.461. The van der Waals surface area contributed by atoms with Crippen LogP contribution in [0.25, 0.3) is 0 Å². The number of nitrogens with one attached hydrogen (secondary N) is 2. The zero-order valence-corrected chi connectivity index (χ0v) is 12.9. The Balaban J connectivity index is 1.80. The van der Waals surface area contributed by atoms with E-state index in [4.69, 9.17) is 0 Å². The van der Waals surface area contributed by atoms with E-state index < -0.39 is 4.92 Å². The van der Waals surface area contributed by atoms with Crippen molar-refractivity contribution in [3.8, 4) is 0 Å². The molecule has 22 heavy (non-hydrogen) atoms. The molecule has 7 nitrogen and oxygen atoms in total. The third-order valence-corrected chi connectivity index (χ3v) is 4.07. The van der Waals surface area contributed by atoms with Gasteiger partial charge in [-0.15, -0.1) is 11.3 Å². The second kappa shape index (κ2) is 7.51. The van der Waals surface area contributed by atoms with Crippen LogP contribution in [0, 0.1) is 10.1 Å². The Morgan fingerprint density at radius 2 is 2.14 bits per heavy atom. The average Bonchev–Trinajstić information content (AvgIpc) is 2.99. The highest BCUT2D eigenvalue weighted by molar-refractivity contribution is 7.11. The average molecular weight is 320 g/mol. The number of thiazole rings is 1. The van der Waals surface area contributed by atoms with Gasteiger partial charge in [0.05, 0.1) is 11.5 Å². The molecule has 2 N–H and O–H groups in total. The van der Waals surface area contributed by atoms with E-state index in [1.165, 1.54) is 17.0 Å². The smallest absolute Gasteiger partial charge is 0.315 e. The van der Waals surface area contributed by atoms with Crippen LogP contribution in [-0.4, -0.2) is 15.9 Å². The molecule has 0 atom stereocenters. The summed E-state index contributed by atoms with van der Waals surface area (Å²) >= 11 is 1.57. The van der Waals surface area contributed by atoms with Gasteiger partial charge < -0.3 is 10.6 Å². The van der Waals surface area contributed by atoms with E-state index in [1.54, 1.807) is 23.5 Å². The molecule has 0 radical (unpaired) electrons. The highest BCUT2D eigenvalue weighted by atomic mass is 32.1.